The number of fused-ring (bicyclic) bond motifs is 2. The van der Waals surface area contributed by atoms with Gasteiger partial charge < -0.3 is 28.4 Å². The molecule has 0 radical (unpaired) electrons. The molecule has 2 aromatic carbocycles. The van der Waals surface area contributed by atoms with Gasteiger partial charge >= 0.3 is 11.9 Å². The number of ether oxygens (including phenoxy) is 6. The summed E-state index contributed by atoms with van der Waals surface area (Å²) in [6.45, 7) is 12.2. The molecule has 1 aliphatic rings. The summed E-state index contributed by atoms with van der Waals surface area (Å²) in [6.07, 6.45) is 12.3. The van der Waals surface area contributed by atoms with Crippen molar-refractivity contribution < 1.29 is 47.6 Å². The predicted molar refractivity (Wildman–Crippen MR) is 228 cm³/mol. The highest BCUT2D eigenvalue weighted by Gasteiger charge is 2.41. The Kier molecular flexibility index (Phi) is 21.4. The number of para-hydroxylation sites is 1. The Bertz CT molecular complexity index is 1760. The molecule has 0 aliphatic heterocycles. The molecular formula is C48H67NO10. The monoisotopic (exact) mass is 817 g/mol. The molecule has 0 fully saturated rings. The zero-order valence-corrected chi connectivity index (χ0v) is 35.9. The minimum atomic E-state index is -1.06. The minimum absolute atomic E-state index is 0.252. The Morgan fingerprint density at radius 3 is 1.81 bits per heavy atom. The van der Waals surface area contributed by atoms with Crippen molar-refractivity contribution in [2.45, 2.75) is 124 Å². The molecule has 4 rings (SSSR count). The molecule has 11 heteroatoms. The summed E-state index contributed by atoms with van der Waals surface area (Å²) in [7, 11) is 0. The Morgan fingerprint density at radius 2 is 1.22 bits per heavy atom. The first-order valence-electron chi connectivity index (χ1n) is 22.1. The number of Topliss-reactive ketones (excluding diaryl/α,β-unsaturated/α-hetero) is 2. The van der Waals surface area contributed by atoms with Crippen molar-refractivity contribution in [1.29, 1.82) is 0 Å². The van der Waals surface area contributed by atoms with Gasteiger partial charge in [0, 0.05) is 42.6 Å². The van der Waals surface area contributed by atoms with E-state index in [0.29, 0.717) is 117 Å². The molecule has 0 bridgehead atoms. The molecule has 59 heavy (non-hydrogen) atoms. The number of rotatable bonds is 31. The van der Waals surface area contributed by atoms with Crippen LogP contribution in [0.5, 0.6) is 11.5 Å². The van der Waals surface area contributed by atoms with Crippen LogP contribution in [-0.2, 0) is 28.5 Å². The third-order valence-electron chi connectivity index (χ3n) is 10.9. The fourth-order valence-electron chi connectivity index (χ4n) is 7.13. The topological polar surface area (TPSA) is 137 Å². The number of hydrogen-bond acceptors (Lipinski definition) is 11. The zero-order chi connectivity index (χ0) is 42.2. The largest absolute Gasteiger partial charge is 0.494 e. The summed E-state index contributed by atoms with van der Waals surface area (Å²) in [4.78, 5) is 56.4. The van der Waals surface area contributed by atoms with Crippen LogP contribution in [0.15, 0.2) is 48.5 Å². The summed E-state index contributed by atoms with van der Waals surface area (Å²) in [5.74, 6) is -0.0685. The van der Waals surface area contributed by atoms with E-state index in [4.69, 9.17) is 33.4 Å². The molecule has 3 atom stereocenters. The first-order chi connectivity index (χ1) is 28.8. The first kappa shape index (κ1) is 47.3. The third kappa shape index (κ3) is 15.6. The van der Waals surface area contributed by atoms with Crippen LogP contribution in [0.3, 0.4) is 0 Å². The molecule has 324 valence electrons. The molecule has 0 amide bonds. The zero-order valence-electron chi connectivity index (χ0n) is 35.9. The number of ketones is 2. The quantitative estimate of drug-likeness (QED) is 0.0349. The predicted octanol–water partition coefficient (Wildman–Crippen LogP) is 10.0. The van der Waals surface area contributed by atoms with Gasteiger partial charge in [-0.05, 0) is 80.7 Å². The molecule has 1 aliphatic carbocycles. The van der Waals surface area contributed by atoms with Crippen molar-refractivity contribution >= 4 is 34.4 Å². The van der Waals surface area contributed by atoms with Crippen LogP contribution in [0, 0.1) is 11.8 Å². The Morgan fingerprint density at radius 1 is 0.627 bits per heavy atom. The number of carbonyl (C=O) groups excluding carboxylic acids is 4. The van der Waals surface area contributed by atoms with Crippen LogP contribution in [-0.4, -0.2) is 81.3 Å². The molecule has 0 saturated carbocycles. The molecule has 3 aromatic rings. The van der Waals surface area contributed by atoms with Crippen LogP contribution in [0.2, 0.25) is 0 Å². The van der Waals surface area contributed by atoms with E-state index in [9.17, 15) is 19.2 Å². The van der Waals surface area contributed by atoms with Gasteiger partial charge in [0.25, 0.3) is 0 Å². The van der Waals surface area contributed by atoms with Crippen LogP contribution < -0.4 is 9.47 Å². The van der Waals surface area contributed by atoms with Gasteiger partial charge in [0.05, 0.1) is 32.1 Å². The third-order valence-corrected chi connectivity index (χ3v) is 10.9. The summed E-state index contributed by atoms with van der Waals surface area (Å²) in [5.41, 5.74) is 1.57. The molecule has 0 N–H and O–H groups in total. The fourth-order valence-corrected chi connectivity index (χ4v) is 7.13. The lowest BCUT2D eigenvalue weighted by Crippen LogP contribution is -2.15. The van der Waals surface area contributed by atoms with Crippen molar-refractivity contribution in [1.82, 2.24) is 4.98 Å². The number of hydrogen-bond donors (Lipinski definition) is 0. The number of pyridine rings is 1. The molecule has 0 saturated heterocycles. The van der Waals surface area contributed by atoms with E-state index in [-0.39, 0.29) is 43.1 Å². The molecule has 3 unspecified atom stereocenters. The number of nitrogens with zero attached hydrogens (tertiary/aromatic N) is 1. The van der Waals surface area contributed by atoms with E-state index in [1.54, 1.807) is 24.3 Å². The number of unbranched alkanes of at least 4 members (excludes halogenated alkanes) is 4. The van der Waals surface area contributed by atoms with E-state index in [2.05, 4.69) is 27.7 Å². The summed E-state index contributed by atoms with van der Waals surface area (Å²) < 4.78 is 34.1. The van der Waals surface area contributed by atoms with Gasteiger partial charge in [0.2, 0.25) is 0 Å². The smallest absolute Gasteiger partial charge is 0.305 e. The Labute approximate surface area is 351 Å². The second-order valence-corrected chi connectivity index (χ2v) is 15.5. The maximum atomic E-state index is 13.7. The van der Waals surface area contributed by atoms with E-state index in [0.717, 1.165) is 24.6 Å². The summed E-state index contributed by atoms with van der Waals surface area (Å²) >= 11 is 0. The van der Waals surface area contributed by atoms with Gasteiger partial charge in [-0.2, -0.15) is 0 Å². The van der Waals surface area contributed by atoms with Crippen molar-refractivity contribution in [2.24, 2.45) is 11.8 Å². The fraction of sp³-hybridized carbons (Fsp3) is 0.604. The van der Waals surface area contributed by atoms with Crippen LogP contribution in [0.4, 0.5) is 0 Å². The summed E-state index contributed by atoms with van der Waals surface area (Å²) in [6, 6.07) is 14.1. The highest BCUT2D eigenvalue weighted by Crippen LogP contribution is 2.37. The van der Waals surface area contributed by atoms with Gasteiger partial charge in [-0.1, -0.05) is 84.4 Å². The SMILES string of the molecule is CCCCC(CC)COCCOC(=O)CCCCOc1ccc2c(c1)C(=O)C(c1ccc3cccc(OCCCCC(=O)OCCOCC(CC)CCCC)c3n1)C2=O. The number of aromatic nitrogens is 1. The lowest BCUT2D eigenvalue weighted by atomic mass is 9.98. The van der Waals surface area contributed by atoms with Crippen molar-refractivity contribution in [2.75, 3.05) is 52.9 Å². The van der Waals surface area contributed by atoms with Crippen molar-refractivity contribution in [3.63, 3.8) is 0 Å². The van der Waals surface area contributed by atoms with Crippen molar-refractivity contribution in [3.05, 3.63) is 65.4 Å². The normalized spacial score (nSPS) is 14.6. The van der Waals surface area contributed by atoms with Crippen LogP contribution >= 0.6 is 0 Å². The maximum absolute atomic E-state index is 13.7. The number of carbonyl (C=O) groups is 4. The number of benzene rings is 2. The lowest BCUT2D eigenvalue weighted by Gasteiger charge is -2.14. The Balaban J connectivity index is 1.17. The first-order valence-corrected chi connectivity index (χ1v) is 22.1. The van der Waals surface area contributed by atoms with E-state index >= 15 is 0 Å². The molecule has 1 aromatic heterocycles. The highest BCUT2D eigenvalue weighted by molar-refractivity contribution is 6.29. The van der Waals surface area contributed by atoms with Crippen LogP contribution in [0.25, 0.3) is 10.9 Å². The maximum Gasteiger partial charge on any atom is 0.305 e. The average molecular weight is 818 g/mol. The van der Waals surface area contributed by atoms with Gasteiger partial charge in [-0.15, -0.1) is 0 Å². The van der Waals surface area contributed by atoms with Gasteiger partial charge in [0.1, 0.15) is 36.1 Å². The van der Waals surface area contributed by atoms with Crippen LogP contribution in [0.1, 0.15) is 150 Å². The second-order valence-electron chi connectivity index (χ2n) is 15.5. The molecule has 11 nitrogen and oxygen atoms in total. The lowest BCUT2D eigenvalue weighted by molar-refractivity contribution is -0.146. The Hall–Kier alpha value is -4.35. The average Bonchev–Trinajstić information content (AvgIpc) is 3.50. The van der Waals surface area contributed by atoms with Gasteiger partial charge in [-0.25, -0.2) is 4.98 Å². The molecular weight excluding hydrogens is 751 g/mol. The minimum Gasteiger partial charge on any atom is -0.494 e. The highest BCUT2D eigenvalue weighted by atomic mass is 16.6. The van der Waals surface area contributed by atoms with Crippen molar-refractivity contribution in [3.8, 4) is 11.5 Å². The molecule has 0 spiro atoms. The van der Waals surface area contributed by atoms with E-state index in [1.807, 2.05) is 24.3 Å². The van der Waals surface area contributed by atoms with Gasteiger partial charge in [-0.3, -0.25) is 19.2 Å². The number of esters is 2. The van der Waals surface area contributed by atoms with Gasteiger partial charge in [0.15, 0.2) is 11.6 Å². The summed E-state index contributed by atoms with van der Waals surface area (Å²) in [5, 5.41) is 0.819. The standard InChI is InChI=1S/C48H67NO10/c1-5-9-16-35(7-3)33-54-28-30-58-43(50)20-11-13-26-56-38-23-24-39-40(32-38)48(53)45(47(39)52)41-25-22-37-18-15-19-42(46(37)49-41)57-27-14-12-21-44(51)59-31-29-55-34-36(8-4)17-10-6-2/h15,18-19,22-25,32,35-36,45H,5-14,16-17,20-21,26-31,33-34H2,1-4H3. The van der Waals surface area contributed by atoms with E-state index in [1.165, 1.54) is 32.1 Å². The second kappa shape index (κ2) is 26.7. The molecule has 1 heterocycles. The van der Waals surface area contributed by atoms with E-state index < -0.39 is 5.92 Å².